The highest BCUT2D eigenvalue weighted by Gasteiger charge is 2.33. The first kappa shape index (κ1) is 13.0. The Hall–Kier alpha value is -0.990. The van der Waals surface area contributed by atoms with Crippen LogP contribution in [-0.2, 0) is 12.7 Å². The minimum Gasteiger partial charge on any atom is -0.395 e. The Bertz CT molecular complexity index is 704. The molecule has 0 saturated heterocycles. The van der Waals surface area contributed by atoms with Crippen molar-refractivity contribution in [2.24, 2.45) is 0 Å². The molecule has 2 aromatic rings. The summed E-state index contributed by atoms with van der Waals surface area (Å²) in [5.41, 5.74) is -0.0211. The molecule has 1 aliphatic heterocycles. The van der Waals surface area contributed by atoms with Gasteiger partial charge >= 0.3 is 6.18 Å². The summed E-state index contributed by atoms with van der Waals surface area (Å²) in [5, 5.41) is 16.8. The van der Waals surface area contributed by atoms with Crippen LogP contribution >= 0.6 is 23.1 Å². The summed E-state index contributed by atoms with van der Waals surface area (Å²) >= 11 is 2.28. The van der Waals surface area contributed by atoms with Gasteiger partial charge in [-0.2, -0.15) is 13.2 Å². The van der Waals surface area contributed by atoms with Crippen LogP contribution in [0.4, 0.5) is 13.2 Å². The molecule has 1 aliphatic rings. The van der Waals surface area contributed by atoms with Gasteiger partial charge < -0.3 is 9.67 Å². The Morgan fingerprint density at radius 1 is 1.42 bits per heavy atom. The van der Waals surface area contributed by atoms with Crippen LogP contribution in [0.3, 0.4) is 0 Å². The van der Waals surface area contributed by atoms with E-state index in [4.69, 9.17) is 5.41 Å². The first-order valence-electron chi connectivity index (χ1n) is 5.47. The minimum absolute atomic E-state index is 0.121. The number of nitrogens with zero attached hydrogens (tertiary/aromatic N) is 1. The van der Waals surface area contributed by atoms with Gasteiger partial charge in [0.25, 0.3) is 0 Å². The molecule has 1 unspecified atom stereocenters. The second-order valence-electron chi connectivity index (χ2n) is 4.26. The fourth-order valence-corrected chi connectivity index (χ4v) is 4.37. The molecular weight excluding hydrogens is 297 g/mol. The van der Waals surface area contributed by atoms with Gasteiger partial charge in [-0.1, -0.05) is 11.3 Å². The zero-order valence-corrected chi connectivity index (χ0v) is 11.1. The van der Waals surface area contributed by atoms with Gasteiger partial charge in [0.05, 0.1) is 27.6 Å². The zero-order chi connectivity index (χ0) is 13.8. The molecule has 3 rings (SSSR count). The number of hydrogen-bond donors (Lipinski definition) is 2. The van der Waals surface area contributed by atoms with Crippen molar-refractivity contribution in [3.63, 3.8) is 0 Å². The molecule has 8 heteroatoms. The summed E-state index contributed by atoms with van der Waals surface area (Å²) in [6.45, 7) is 0.336. The van der Waals surface area contributed by atoms with E-state index in [9.17, 15) is 18.3 Å². The quantitative estimate of drug-likeness (QED) is 0.851. The smallest absolute Gasteiger partial charge is 0.395 e. The van der Waals surface area contributed by atoms with Crippen molar-refractivity contribution in [2.45, 2.75) is 22.9 Å². The Kier molecular flexibility index (Phi) is 2.91. The lowest BCUT2D eigenvalue weighted by Gasteiger charge is -2.23. The molecule has 19 heavy (non-hydrogen) atoms. The van der Waals surface area contributed by atoms with Gasteiger partial charge in [0.1, 0.15) is 0 Å². The van der Waals surface area contributed by atoms with E-state index in [-0.39, 0.29) is 16.7 Å². The number of benzene rings is 1. The van der Waals surface area contributed by atoms with Crippen molar-refractivity contribution in [2.75, 3.05) is 6.61 Å². The molecule has 0 saturated carbocycles. The molecule has 0 fully saturated rings. The Labute approximate surface area is 114 Å². The lowest BCUT2D eigenvalue weighted by molar-refractivity contribution is -0.137. The van der Waals surface area contributed by atoms with Gasteiger partial charge in [-0.3, -0.25) is 5.41 Å². The first-order chi connectivity index (χ1) is 8.90. The number of thiazole rings is 1. The zero-order valence-electron chi connectivity index (χ0n) is 9.49. The van der Waals surface area contributed by atoms with Gasteiger partial charge in [0.15, 0.2) is 4.80 Å². The largest absolute Gasteiger partial charge is 0.416 e. The van der Waals surface area contributed by atoms with E-state index in [1.807, 2.05) is 0 Å². The number of alkyl halides is 3. The third kappa shape index (κ3) is 2.07. The normalized spacial score (nSPS) is 19.1. The van der Waals surface area contributed by atoms with Crippen LogP contribution in [0.1, 0.15) is 5.56 Å². The van der Waals surface area contributed by atoms with Gasteiger partial charge in [0.2, 0.25) is 0 Å². The molecule has 1 atom stereocenters. The van der Waals surface area contributed by atoms with E-state index in [0.29, 0.717) is 21.7 Å². The maximum Gasteiger partial charge on any atom is 0.416 e. The number of halogens is 3. The number of thioether (sulfide) groups is 1. The number of rotatable bonds is 1. The maximum atomic E-state index is 12.8. The summed E-state index contributed by atoms with van der Waals surface area (Å²) in [7, 11) is 0. The van der Waals surface area contributed by atoms with Crippen molar-refractivity contribution in [3.05, 3.63) is 22.5 Å². The highest BCUT2D eigenvalue weighted by Crippen LogP contribution is 2.41. The molecule has 0 radical (unpaired) electrons. The lowest BCUT2D eigenvalue weighted by Crippen LogP contribution is -2.26. The lowest BCUT2D eigenvalue weighted by atomic mass is 10.2. The summed E-state index contributed by atoms with van der Waals surface area (Å²) < 4.78 is 40.6. The molecule has 2 N–H and O–H groups in total. The number of hydrogen-bond acceptors (Lipinski definition) is 4. The third-order valence-corrected chi connectivity index (χ3v) is 5.11. The van der Waals surface area contributed by atoms with Crippen molar-refractivity contribution in [3.8, 4) is 0 Å². The predicted molar refractivity (Wildman–Crippen MR) is 67.4 cm³/mol. The summed E-state index contributed by atoms with van der Waals surface area (Å²) in [5.74, 6) is 0. The average Bonchev–Trinajstić information content (AvgIpc) is 2.66. The second kappa shape index (κ2) is 4.26. The van der Waals surface area contributed by atoms with Crippen LogP contribution in [0.15, 0.2) is 17.0 Å². The molecule has 1 aromatic carbocycles. The van der Waals surface area contributed by atoms with E-state index in [1.54, 1.807) is 4.57 Å². The number of nitrogens with one attached hydrogen (secondary N) is 1. The molecule has 102 valence electrons. The van der Waals surface area contributed by atoms with Crippen molar-refractivity contribution >= 4 is 33.3 Å². The number of aromatic nitrogens is 1. The SMILES string of the molecule is N=c1sc2cc(C(F)(F)F)cc3c2n1CC(CO)S3. The summed E-state index contributed by atoms with van der Waals surface area (Å²) in [6.07, 6.45) is -4.39. The van der Waals surface area contributed by atoms with Crippen LogP contribution in [0, 0.1) is 5.41 Å². The highest BCUT2D eigenvalue weighted by atomic mass is 32.2. The Morgan fingerprint density at radius 3 is 2.79 bits per heavy atom. The van der Waals surface area contributed by atoms with E-state index in [0.717, 1.165) is 23.5 Å². The number of aliphatic hydroxyl groups excluding tert-OH is 1. The predicted octanol–water partition coefficient (Wildman–Crippen LogP) is 2.67. The first-order valence-corrected chi connectivity index (χ1v) is 7.16. The van der Waals surface area contributed by atoms with E-state index in [1.165, 1.54) is 11.8 Å². The van der Waals surface area contributed by atoms with Gasteiger partial charge in [0, 0.05) is 11.4 Å². The van der Waals surface area contributed by atoms with Gasteiger partial charge in [-0.25, -0.2) is 0 Å². The van der Waals surface area contributed by atoms with E-state index >= 15 is 0 Å². The second-order valence-corrected chi connectivity index (χ2v) is 6.63. The Balaban J connectivity index is 2.29. The highest BCUT2D eigenvalue weighted by molar-refractivity contribution is 8.00. The summed E-state index contributed by atoms with van der Waals surface area (Å²) in [6, 6.07) is 2.20. The Morgan fingerprint density at radius 2 is 2.16 bits per heavy atom. The van der Waals surface area contributed by atoms with Crippen LogP contribution in [-0.4, -0.2) is 21.5 Å². The molecule has 0 spiro atoms. The third-order valence-electron chi connectivity index (χ3n) is 2.97. The molecule has 1 aromatic heterocycles. The topological polar surface area (TPSA) is 49.0 Å². The van der Waals surface area contributed by atoms with Crippen molar-refractivity contribution in [1.82, 2.24) is 4.57 Å². The molecule has 3 nitrogen and oxygen atoms in total. The van der Waals surface area contributed by atoms with E-state index < -0.39 is 11.7 Å². The fraction of sp³-hybridized carbons (Fsp3) is 0.364. The maximum absolute atomic E-state index is 12.8. The van der Waals surface area contributed by atoms with Crippen molar-refractivity contribution < 1.29 is 18.3 Å². The average molecular weight is 306 g/mol. The van der Waals surface area contributed by atoms with Crippen LogP contribution in [0.25, 0.3) is 10.2 Å². The fourth-order valence-electron chi connectivity index (χ4n) is 2.13. The van der Waals surface area contributed by atoms with Gasteiger partial charge in [-0.05, 0) is 12.1 Å². The molecular formula is C11H9F3N2OS2. The number of aliphatic hydroxyl groups is 1. The monoisotopic (exact) mass is 306 g/mol. The molecule has 0 bridgehead atoms. The molecule has 2 heterocycles. The van der Waals surface area contributed by atoms with Crippen LogP contribution in [0.5, 0.6) is 0 Å². The van der Waals surface area contributed by atoms with Crippen molar-refractivity contribution in [1.29, 1.82) is 5.41 Å². The van der Waals surface area contributed by atoms with Crippen LogP contribution in [0.2, 0.25) is 0 Å². The summed E-state index contributed by atoms with van der Waals surface area (Å²) in [4.78, 5) is 0.708. The molecule has 0 aliphatic carbocycles. The minimum atomic E-state index is -4.39. The van der Waals surface area contributed by atoms with Gasteiger partial charge in [-0.15, -0.1) is 11.8 Å². The standard InChI is InChI=1S/C11H9F3N2OS2/c12-11(13,14)5-1-7-9-8(2-5)19-10(15)16(9)3-6(4-17)18-7/h1-2,6,15,17H,3-4H2. The molecule has 0 amide bonds. The van der Waals surface area contributed by atoms with E-state index in [2.05, 4.69) is 0 Å². The van der Waals surface area contributed by atoms with Crippen LogP contribution < -0.4 is 4.80 Å².